The van der Waals surface area contributed by atoms with Gasteiger partial charge in [-0.2, -0.15) is 5.10 Å². The molecule has 0 aliphatic carbocycles. The summed E-state index contributed by atoms with van der Waals surface area (Å²) in [4.78, 5) is 43.8. The van der Waals surface area contributed by atoms with Gasteiger partial charge in [0.05, 0.1) is 22.4 Å². The number of nitrogens with one attached hydrogen (secondary N) is 1. The van der Waals surface area contributed by atoms with Gasteiger partial charge in [-0.1, -0.05) is 49.7 Å². The first-order valence-electron chi connectivity index (χ1n) is 10.9. The maximum Gasteiger partial charge on any atom is 0.293 e. The number of imide groups is 1. The number of carbonyl (C=O) groups is 3. The van der Waals surface area contributed by atoms with Crippen molar-refractivity contribution in [2.24, 2.45) is 0 Å². The van der Waals surface area contributed by atoms with Gasteiger partial charge in [0.2, 0.25) is 0 Å². The van der Waals surface area contributed by atoms with E-state index < -0.39 is 0 Å². The number of aromatic nitrogens is 3. The van der Waals surface area contributed by atoms with Crippen molar-refractivity contribution in [3.05, 3.63) is 82.1 Å². The van der Waals surface area contributed by atoms with Crippen molar-refractivity contribution in [1.82, 2.24) is 25.0 Å². The zero-order valence-corrected chi connectivity index (χ0v) is 20.0. The number of amides is 3. The quantitative estimate of drug-likeness (QED) is 0.515. The number of benzene rings is 1. The number of hydrogen-bond acceptors (Lipinski definition) is 6. The second-order valence-corrected chi connectivity index (χ2v) is 9.19. The van der Waals surface area contributed by atoms with Crippen LogP contribution in [-0.2, 0) is 4.79 Å². The molecule has 8 nitrogen and oxygen atoms in total. The van der Waals surface area contributed by atoms with Crippen LogP contribution in [0.25, 0.3) is 11.9 Å². The lowest BCUT2D eigenvalue weighted by Gasteiger charge is -2.14. The Kier molecular flexibility index (Phi) is 6.93. The highest BCUT2D eigenvalue weighted by molar-refractivity contribution is 8.18. The van der Waals surface area contributed by atoms with Gasteiger partial charge in [-0.05, 0) is 48.4 Å². The molecular formula is C25H25N5O3S. The predicted octanol–water partition coefficient (Wildman–Crippen LogP) is 4.17. The van der Waals surface area contributed by atoms with Crippen molar-refractivity contribution in [3.8, 4) is 5.82 Å². The van der Waals surface area contributed by atoms with E-state index in [0.717, 1.165) is 33.5 Å². The predicted molar refractivity (Wildman–Crippen MR) is 132 cm³/mol. The van der Waals surface area contributed by atoms with E-state index in [0.29, 0.717) is 16.3 Å². The SMILES string of the molecule is Cc1ccc(C=C2SC(=O)N(CCNC(=O)c3cnn(-c4ccccn4)c3C(C)C)C2=O)cc1. The molecule has 174 valence electrons. The average molecular weight is 476 g/mol. The highest BCUT2D eigenvalue weighted by Crippen LogP contribution is 2.32. The molecule has 2 aromatic heterocycles. The third-order valence-corrected chi connectivity index (χ3v) is 6.24. The van der Waals surface area contributed by atoms with E-state index in [1.165, 1.54) is 6.20 Å². The lowest BCUT2D eigenvalue weighted by atomic mass is 10.1. The number of pyridine rings is 1. The summed E-state index contributed by atoms with van der Waals surface area (Å²) in [5.74, 6) is -0.00925. The van der Waals surface area contributed by atoms with Gasteiger partial charge in [0.15, 0.2) is 5.82 Å². The van der Waals surface area contributed by atoms with Crippen LogP contribution in [0.2, 0.25) is 0 Å². The first kappa shape index (κ1) is 23.4. The Bertz CT molecular complexity index is 1250. The van der Waals surface area contributed by atoms with Gasteiger partial charge in [-0.3, -0.25) is 19.3 Å². The molecule has 0 atom stereocenters. The van der Waals surface area contributed by atoms with Crippen LogP contribution in [0.5, 0.6) is 0 Å². The summed E-state index contributed by atoms with van der Waals surface area (Å²) in [7, 11) is 0. The summed E-state index contributed by atoms with van der Waals surface area (Å²) in [6.07, 6.45) is 4.90. The van der Waals surface area contributed by atoms with E-state index >= 15 is 0 Å². The van der Waals surface area contributed by atoms with Crippen LogP contribution in [-0.4, -0.2) is 49.8 Å². The number of hydrogen-bond donors (Lipinski definition) is 1. The zero-order valence-electron chi connectivity index (χ0n) is 19.2. The third-order valence-electron chi connectivity index (χ3n) is 5.33. The Morgan fingerprint density at radius 2 is 1.91 bits per heavy atom. The fourth-order valence-corrected chi connectivity index (χ4v) is 4.50. The summed E-state index contributed by atoms with van der Waals surface area (Å²) in [6.45, 7) is 6.18. The van der Waals surface area contributed by atoms with Crippen molar-refractivity contribution in [2.75, 3.05) is 13.1 Å². The van der Waals surface area contributed by atoms with E-state index in [1.54, 1.807) is 17.0 Å². The molecule has 1 fully saturated rings. The molecule has 3 amide bonds. The summed E-state index contributed by atoms with van der Waals surface area (Å²) >= 11 is 0.909. The first-order valence-corrected chi connectivity index (χ1v) is 11.8. The van der Waals surface area contributed by atoms with Crippen LogP contribution >= 0.6 is 11.8 Å². The minimum atomic E-state index is -0.351. The number of thioether (sulfide) groups is 1. The second-order valence-electron chi connectivity index (χ2n) is 8.20. The van der Waals surface area contributed by atoms with E-state index in [2.05, 4.69) is 15.4 Å². The molecule has 0 spiro atoms. The van der Waals surface area contributed by atoms with Crippen molar-refractivity contribution in [3.63, 3.8) is 0 Å². The molecule has 9 heteroatoms. The molecule has 1 aromatic carbocycles. The Balaban J connectivity index is 1.41. The van der Waals surface area contributed by atoms with Gasteiger partial charge < -0.3 is 5.32 Å². The molecule has 0 radical (unpaired) electrons. The molecule has 1 saturated heterocycles. The molecule has 3 aromatic rings. The molecule has 4 rings (SSSR count). The molecule has 0 unspecified atom stereocenters. The molecule has 1 aliphatic rings. The van der Waals surface area contributed by atoms with Gasteiger partial charge in [0.1, 0.15) is 0 Å². The number of aryl methyl sites for hydroxylation is 1. The van der Waals surface area contributed by atoms with Crippen molar-refractivity contribution in [1.29, 1.82) is 0 Å². The number of carbonyl (C=O) groups excluding carboxylic acids is 3. The zero-order chi connectivity index (χ0) is 24.2. The summed E-state index contributed by atoms with van der Waals surface area (Å²) in [5.41, 5.74) is 3.15. The van der Waals surface area contributed by atoms with Crippen LogP contribution < -0.4 is 5.32 Å². The maximum absolute atomic E-state index is 12.9. The van der Waals surface area contributed by atoms with Crippen molar-refractivity contribution >= 4 is 34.9 Å². The largest absolute Gasteiger partial charge is 0.350 e. The average Bonchev–Trinajstić information content (AvgIpc) is 3.38. The van der Waals surface area contributed by atoms with Gasteiger partial charge in [0.25, 0.3) is 17.1 Å². The van der Waals surface area contributed by atoms with Gasteiger partial charge >= 0.3 is 0 Å². The summed E-state index contributed by atoms with van der Waals surface area (Å²) in [6, 6.07) is 13.2. The lowest BCUT2D eigenvalue weighted by Crippen LogP contribution is -2.37. The van der Waals surface area contributed by atoms with Crippen molar-refractivity contribution < 1.29 is 14.4 Å². The standard InChI is InChI=1S/C25H25N5O3S/c1-16(2)22-19(15-28-30(22)21-6-4-5-11-26-21)23(31)27-12-13-29-24(32)20(34-25(29)33)14-18-9-7-17(3)8-10-18/h4-11,14-16H,12-13H2,1-3H3,(H,27,31). The van der Waals surface area contributed by atoms with E-state index in [9.17, 15) is 14.4 Å². The van der Waals surface area contributed by atoms with E-state index in [4.69, 9.17) is 0 Å². The van der Waals surface area contributed by atoms with Gasteiger partial charge in [0, 0.05) is 19.3 Å². The minimum absolute atomic E-state index is 0.0258. The molecule has 3 heterocycles. The number of rotatable bonds is 7. The molecule has 1 aliphatic heterocycles. The topological polar surface area (TPSA) is 97.2 Å². The van der Waals surface area contributed by atoms with Crippen LogP contribution in [0.3, 0.4) is 0 Å². The summed E-state index contributed by atoms with van der Waals surface area (Å²) in [5, 5.41) is 6.82. The highest BCUT2D eigenvalue weighted by atomic mass is 32.2. The molecule has 0 bridgehead atoms. The van der Waals surface area contributed by atoms with Crippen LogP contribution in [0.4, 0.5) is 4.79 Å². The monoisotopic (exact) mass is 475 g/mol. The Morgan fingerprint density at radius 1 is 1.15 bits per heavy atom. The maximum atomic E-state index is 12.9. The molecule has 0 saturated carbocycles. The molecular weight excluding hydrogens is 450 g/mol. The fourth-order valence-electron chi connectivity index (χ4n) is 3.63. The highest BCUT2D eigenvalue weighted by Gasteiger charge is 2.34. The molecule has 1 N–H and O–H groups in total. The Morgan fingerprint density at radius 3 is 2.59 bits per heavy atom. The Hall–Kier alpha value is -3.72. The van der Waals surface area contributed by atoms with Crippen LogP contribution in [0.1, 0.15) is 46.9 Å². The van der Waals surface area contributed by atoms with Crippen LogP contribution in [0, 0.1) is 6.92 Å². The van der Waals surface area contributed by atoms with Gasteiger partial charge in [-0.25, -0.2) is 9.67 Å². The normalized spacial score (nSPS) is 14.9. The Labute approximate surface area is 202 Å². The first-order chi connectivity index (χ1) is 16.3. The molecule has 34 heavy (non-hydrogen) atoms. The minimum Gasteiger partial charge on any atom is -0.350 e. The third kappa shape index (κ3) is 4.94. The van der Waals surface area contributed by atoms with Crippen molar-refractivity contribution in [2.45, 2.75) is 26.7 Å². The lowest BCUT2D eigenvalue weighted by molar-refractivity contribution is -0.122. The number of nitrogens with zero attached hydrogens (tertiary/aromatic N) is 4. The second kappa shape index (κ2) is 10.0. The smallest absolute Gasteiger partial charge is 0.293 e. The van der Waals surface area contributed by atoms with Gasteiger partial charge in [-0.15, -0.1) is 0 Å². The van der Waals surface area contributed by atoms with E-state index in [-0.39, 0.29) is 36.1 Å². The summed E-state index contributed by atoms with van der Waals surface area (Å²) < 4.78 is 1.66. The van der Waals surface area contributed by atoms with E-state index in [1.807, 2.05) is 63.2 Å². The van der Waals surface area contributed by atoms with Crippen LogP contribution in [0.15, 0.2) is 59.8 Å². The fraction of sp³-hybridized carbons (Fsp3) is 0.240.